The minimum atomic E-state index is 0.844. The van der Waals surface area contributed by atoms with Gasteiger partial charge in [0.2, 0.25) is 0 Å². The average Bonchev–Trinajstić information content (AvgIpc) is 2.96. The third kappa shape index (κ3) is 2.12. The van der Waals surface area contributed by atoms with Crippen LogP contribution in [-0.2, 0) is 0 Å². The van der Waals surface area contributed by atoms with E-state index in [1.165, 1.54) is 26.4 Å². The lowest BCUT2D eigenvalue weighted by Crippen LogP contribution is -1.77. The molecule has 0 spiro atoms. The van der Waals surface area contributed by atoms with Crippen LogP contribution >= 0.6 is 34.3 Å². The van der Waals surface area contributed by atoms with Gasteiger partial charge in [0.1, 0.15) is 0 Å². The Labute approximate surface area is 119 Å². The summed E-state index contributed by atoms with van der Waals surface area (Å²) in [6.45, 7) is 2.15. The van der Waals surface area contributed by atoms with Crippen LogP contribution in [0, 0.1) is 6.92 Å². The molecular weight excluding hydrogens is 280 g/mol. The van der Waals surface area contributed by atoms with Crippen LogP contribution in [-0.4, -0.2) is 0 Å². The summed E-state index contributed by atoms with van der Waals surface area (Å²) in [7, 11) is 0. The second-order valence-electron chi connectivity index (χ2n) is 4.09. The number of aryl methyl sites for hydroxylation is 1. The van der Waals surface area contributed by atoms with Gasteiger partial charge in [-0.2, -0.15) is 0 Å². The molecule has 0 saturated heterocycles. The van der Waals surface area contributed by atoms with Crippen molar-refractivity contribution in [2.75, 3.05) is 0 Å². The molecule has 0 aliphatic rings. The molecule has 0 N–H and O–H groups in total. The molecule has 2 aromatic heterocycles. The maximum Gasteiger partial charge on any atom is 0.0941 e. The molecule has 18 heavy (non-hydrogen) atoms. The van der Waals surface area contributed by atoms with E-state index in [-0.39, 0.29) is 0 Å². The summed E-state index contributed by atoms with van der Waals surface area (Å²) in [6, 6.07) is 14.6. The summed E-state index contributed by atoms with van der Waals surface area (Å²) >= 11 is 9.64. The Morgan fingerprint density at radius 3 is 2.44 bits per heavy atom. The Bertz CT molecular complexity index is 665. The zero-order valence-corrected chi connectivity index (χ0v) is 12.2. The number of thiophene rings is 2. The van der Waals surface area contributed by atoms with Crippen molar-refractivity contribution >= 4 is 34.3 Å². The van der Waals surface area contributed by atoms with Gasteiger partial charge in [0, 0.05) is 10.4 Å². The van der Waals surface area contributed by atoms with Crippen LogP contribution in [0.25, 0.3) is 20.9 Å². The molecule has 0 saturated carbocycles. The number of halogens is 1. The predicted octanol–water partition coefficient (Wildman–Crippen LogP) is 6.11. The molecule has 90 valence electrons. The van der Waals surface area contributed by atoms with Gasteiger partial charge in [0.15, 0.2) is 0 Å². The maximum atomic E-state index is 6.21. The van der Waals surface area contributed by atoms with Gasteiger partial charge in [-0.05, 0) is 35.6 Å². The topological polar surface area (TPSA) is 0 Å². The molecule has 0 unspecified atom stereocenters. The van der Waals surface area contributed by atoms with E-state index in [2.05, 4.69) is 48.7 Å². The fourth-order valence-electron chi connectivity index (χ4n) is 1.97. The summed E-state index contributed by atoms with van der Waals surface area (Å²) in [5.41, 5.74) is 3.77. The first-order valence-corrected chi connectivity index (χ1v) is 7.72. The lowest BCUT2D eigenvalue weighted by molar-refractivity contribution is 1.55. The zero-order chi connectivity index (χ0) is 12.5. The van der Waals surface area contributed by atoms with Gasteiger partial charge in [0.25, 0.3) is 0 Å². The first kappa shape index (κ1) is 12.0. The lowest BCUT2D eigenvalue weighted by Gasteiger charge is -2.03. The molecule has 0 bridgehead atoms. The van der Waals surface area contributed by atoms with Gasteiger partial charge in [-0.15, -0.1) is 22.7 Å². The molecule has 0 atom stereocenters. The lowest BCUT2D eigenvalue weighted by atomic mass is 10.1. The van der Waals surface area contributed by atoms with Gasteiger partial charge in [-0.25, -0.2) is 0 Å². The monoisotopic (exact) mass is 290 g/mol. The van der Waals surface area contributed by atoms with E-state index in [4.69, 9.17) is 11.6 Å². The van der Waals surface area contributed by atoms with Crippen LogP contribution in [0.2, 0.25) is 4.34 Å². The first-order chi connectivity index (χ1) is 8.75. The Balaban J connectivity index is 2.20. The van der Waals surface area contributed by atoms with Crippen molar-refractivity contribution < 1.29 is 0 Å². The smallest absolute Gasteiger partial charge is 0.0941 e. The third-order valence-electron chi connectivity index (χ3n) is 2.86. The SMILES string of the molecule is Cc1ccsc1-c1sc(Cl)cc1-c1ccccc1. The fourth-order valence-corrected chi connectivity index (χ4v) is 4.37. The predicted molar refractivity (Wildman–Crippen MR) is 82.8 cm³/mol. The van der Waals surface area contributed by atoms with Crippen LogP contribution in [0.15, 0.2) is 47.8 Å². The number of hydrogen-bond donors (Lipinski definition) is 0. The molecule has 0 amide bonds. The Morgan fingerprint density at radius 2 is 1.78 bits per heavy atom. The third-order valence-corrected chi connectivity index (χ3v) is 5.30. The van der Waals surface area contributed by atoms with Crippen molar-refractivity contribution in [1.29, 1.82) is 0 Å². The number of hydrogen-bond acceptors (Lipinski definition) is 2. The van der Waals surface area contributed by atoms with Crippen molar-refractivity contribution in [3.05, 3.63) is 57.7 Å². The Morgan fingerprint density at radius 1 is 1.00 bits per heavy atom. The van der Waals surface area contributed by atoms with Gasteiger partial charge >= 0.3 is 0 Å². The summed E-state index contributed by atoms with van der Waals surface area (Å²) < 4.78 is 0.844. The summed E-state index contributed by atoms with van der Waals surface area (Å²) in [6.07, 6.45) is 0. The molecule has 0 fully saturated rings. The average molecular weight is 291 g/mol. The molecule has 0 aliphatic carbocycles. The summed E-state index contributed by atoms with van der Waals surface area (Å²) in [5.74, 6) is 0. The highest BCUT2D eigenvalue weighted by atomic mass is 35.5. The molecule has 3 aromatic rings. The number of benzene rings is 1. The minimum absolute atomic E-state index is 0.844. The minimum Gasteiger partial charge on any atom is -0.143 e. The second-order valence-corrected chi connectivity index (χ2v) is 6.69. The summed E-state index contributed by atoms with van der Waals surface area (Å²) in [5, 5.41) is 2.13. The van der Waals surface area contributed by atoms with Gasteiger partial charge in [-0.3, -0.25) is 0 Å². The quantitative estimate of drug-likeness (QED) is 0.534. The van der Waals surface area contributed by atoms with Crippen molar-refractivity contribution in [3.8, 4) is 20.9 Å². The highest BCUT2D eigenvalue weighted by molar-refractivity contribution is 7.24. The summed E-state index contributed by atoms with van der Waals surface area (Å²) in [4.78, 5) is 2.60. The van der Waals surface area contributed by atoms with Crippen LogP contribution < -0.4 is 0 Å². The Kier molecular flexibility index (Phi) is 3.25. The van der Waals surface area contributed by atoms with E-state index in [0.717, 1.165) is 4.34 Å². The van der Waals surface area contributed by atoms with Gasteiger partial charge in [-0.1, -0.05) is 41.9 Å². The normalized spacial score (nSPS) is 10.8. The molecule has 3 rings (SSSR count). The highest BCUT2D eigenvalue weighted by Crippen LogP contribution is 2.44. The van der Waals surface area contributed by atoms with Crippen molar-refractivity contribution in [3.63, 3.8) is 0 Å². The van der Waals surface area contributed by atoms with Crippen molar-refractivity contribution in [2.24, 2.45) is 0 Å². The molecule has 2 heterocycles. The van der Waals surface area contributed by atoms with Crippen LogP contribution in [0.1, 0.15) is 5.56 Å². The molecule has 0 aliphatic heterocycles. The van der Waals surface area contributed by atoms with Crippen molar-refractivity contribution in [1.82, 2.24) is 0 Å². The van der Waals surface area contributed by atoms with Gasteiger partial charge in [0.05, 0.1) is 9.21 Å². The number of rotatable bonds is 2. The molecule has 1 aromatic carbocycles. The van der Waals surface area contributed by atoms with Crippen molar-refractivity contribution in [2.45, 2.75) is 6.92 Å². The highest BCUT2D eigenvalue weighted by Gasteiger charge is 2.14. The molecule has 3 heteroatoms. The van der Waals surface area contributed by atoms with Gasteiger partial charge < -0.3 is 0 Å². The largest absolute Gasteiger partial charge is 0.143 e. The first-order valence-electron chi connectivity index (χ1n) is 5.65. The van der Waals surface area contributed by atoms with E-state index in [0.29, 0.717) is 0 Å². The Hall–Kier alpha value is -1.09. The van der Waals surface area contributed by atoms with E-state index in [1.54, 1.807) is 22.7 Å². The standard InChI is InChI=1S/C15H11ClS2/c1-10-7-8-17-14(10)15-12(9-13(16)18-15)11-5-3-2-4-6-11/h2-9H,1H3. The zero-order valence-electron chi connectivity index (χ0n) is 9.81. The van der Waals surface area contributed by atoms with E-state index >= 15 is 0 Å². The molecule has 0 nitrogen and oxygen atoms in total. The van der Waals surface area contributed by atoms with E-state index in [1.807, 2.05) is 6.07 Å². The molecule has 0 radical (unpaired) electrons. The fraction of sp³-hybridized carbons (Fsp3) is 0.0667. The van der Waals surface area contributed by atoms with E-state index in [9.17, 15) is 0 Å². The van der Waals surface area contributed by atoms with Crippen LogP contribution in [0.5, 0.6) is 0 Å². The van der Waals surface area contributed by atoms with Crippen LogP contribution in [0.4, 0.5) is 0 Å². The van der Waals surface area contributed by atoms with E-state index < -0.39 is 0 Å². The van der Waals surface area contributed by atoms with Crippen LogP contribution in [0.3, 0.4) is 0 Å². The second kappa shape index (κ2) is 4.88. The molecular formula is C15H11ClS2. The maximum absolute atomic E-state index is 6.21.